The highest BCUT2D eigenvalue weighted by Crippen LogP contribution is 2.21. The van der Waals surface area contributed by atoms with Crippen LogP contribution in [0.4, 0.5) is 0 Å². The summed E-state index contributed by atoms with van der Waals surface area (Å²) in [5.41, 5.74) is 0.328. The summed E-state index contributed by atoms with van der Waals surface area (Å²) in [6.07, 6.45) is 1.75. The first-order valence-electron chi connectivity index (χ1n) is 5.98. The fourth-order valence-corrected chi connectivity index (χ4v) is 3.47. The number of hydrogen-bond donors (Lipinski definition) is 1. The molecule has 5 nitrogen and oxygen atoms in total. The summed E-state index contributed by atoms with van der Waals surface area (Å²) in [5.74, 6) is -0.327. The van der Waals surface area contributed by atoms with Crippen molar-refractivity contribution in [3.63, 3.8) is 0 Å². The number of halogens is 2. The van der Waals surface area contributed by atoms with Gasteiger partial charge in [-0.25, -0.2) is 12.7 Å². The molecule has 0 saturated carbocycles. The van der Waals surface area contributed by atoms with Crippen molar-refractivity contribution in [1.82, 2.24) is 9.62 Å². The Morgan fingerprint density at radius 1 is 1.40 bits per heavy atom. The van der Waals surface area contributed by atoms with E-state index in [9.17, 15) is 13.2 Å². The molecule has 1 saturated heterocycles. The minimum atomic E-state index is -3.21. The van der Waals surface area contributed by atoms with Crippen LogP contribution >= 0.6 is 23.2 Å². The van der Waals surface area contributed by atoms with Crippen LogP contribution in [0.1, 0.15) is 16.8 Å². The highest BCUT2D eigenvalue weighted by atomic mass is 35.5. The molecule has 1 amide bonds. The Labute approximate surface area is 127 Å². The van der Waals surface area contributed by atoms with E-state index in [4.69, 9.17) is 23.2 Å². The lowest BCUT2D eigenvalue weighted by molar-refractivity contribution is 0.0939. The van der Waals surface area contributed by atoms with E-state index in [2.05, 4.69) is 5.32 Å². The Balaban J connectivity index is 2.03. The van der Waals surface area contributed by atoms with Gasteiger partial charge in [-0.05, 0) is 24.6 Å². The summed E-state index contributed by atoms with van der Waals surface area (Å²) in [5, 5.41) is 3.51. The van der Waals surface area contributed by atoms with Gasteiger partial charge in [-0.2, -0.15) is 0 Å². The van der Waals surface area contributed by atoms with Gasteiger partial charge in [0.25, 0.3) is 5.91 Å². The molecule has 110 valence electrons. The van der Waals surface area contributed by atoms with Crippen LogP contribution in [0, 0.1) is 0 Å². The number of nitrogens with zero attached hydrogens (tertiary/aromatic N) is 1. The molecule has 1 aromatic rings. The van der Waals surface area contributed by atoms with Gasteiger partial charge >= 0.3 is 0 Å². The molecule has 1 atom stereocenters. The molecular weight excluding hydrogens is 323 g/mol. The third-order valence-electron chi connectivity index (χ3n) is 3.13. The summed E-state index contributed by atoms with van der Waals surface area (Å²) in [4.78, 5) is 12.1. The molecule has 0 aliphatic carbocycles. The van der Waals surface area contributed by atoms with Crippen LogP contribution in [0.3, 0.4) is 0 Å². The van der Waals surface area contributed by atoms with Gasteiger partial charge in [-0.1, -0.05) is 23.2 Å². The van der Waals surface area contributed by atoms with E-state index in [0.29, 0.717) is 23.6 Å². The summed E-state index contributed by atoms with van der Waals surface area (Å²) in [6, 6.07) is 4.42. The lowest BCUT2D eigenvalue weighted by Gasteiger charge is -2.15. The molecule has 1 aliphatic heterocycles. The predicted octanol–water partition coefficient (Wildman–Crippen LogP) is 1.76. The van der Waals surface area contributed by atoms with Crippen LogP contribution in [-0.4, -0.2) is 44.0 Å². The lowest BCUT2D eigenvalue weighted by Crippen LogP contribution is -2.38. The molecule has 0 radical (unpaired) electrons. The maximum absolute atomic E-state index is 12.1. The fourth-order valence-electron chi connectivity index (χ4n) is 2.08. The van der Waals surface area contributed by atoms with Crippen molar-refractivity contribution in [2.24, 2.45) is 0 Å². The van der Waals surface area contributed by atoms with Gasteiger partial charge in [0.2, 0.25) is 10.0 Å². The summed E-state index contributed by atoms with van der Waals surface area (Å²) >= 11 is 11.7. The van der Waals surface area contributed by atoms with E-state index in [0.717, 1.165) is 6.26 Å². The van der Waals surface area contributed by atoms with E-state index in [-0.39, 0.29) is 23.5 Å². The smallest absolute Gasteiger partial charge is 0.253 e. The molecule has 0 bridgehead atoms. The van der Waals surface area contributed by atoms with E-state index in [1.165, 1.54) is 10.4 Å². The second-order valence-electron chi connectivity index (χ2n) is 4.70. The first kappa shape index (κ1) is 15.6. The van der Waals surface area contributed by atoms with Crippen molar-refractivity contribution in [2.45, 2.75) is 12.5 Å². The van der Waals surface area contributed by atoms with Crippen LogP contribution in [0.2, 0.25) is 10.0 Å². The number of rotatable bonds is 3. The molecule has 1 N–H and O–H groups in total. The number of carbonyl (C=O) groups excluding carboxylic acids is 1. The van der Waals surface area contributed by atoms with E-state index < -0.39 is 10.0 Å². The number of hydrogen-bond acceptors (Lipinski definition) is 3. The zero-order chi connectivity index (χ0) is 14.9. The monoisotopic (exact) mass is 336 g/mol. The maximum Gasteiger partial charge on any atom is 0.253 e. The summed E-state index contributed by atoms with van der Waals surface area (Å²) in [6.45, 7) is 0.702. The Morgan fingerprint density at radius 2 is 2.10 bits per heavy atom. The highest BCUT2D eigenvalue weighted by Gasteiger charge is 2.29. The second-order valence-corrected chi connectivity index (χ2v) is 7.53. The topological polar surface area (TPSA) is 66.5 Å². The van der Waals surface area contributed by atoms with E-state index >= 15 is 0 Å². The molecule has 8 heteroatoms. The fraction of sp³-hybridized carbons (Fsp3) is 0.417. The van der Waals surface area contributed by atoms with Crippen molar-refractivity contribution in [1.29, 1.82) is 0 Å². The van der Waals surface area contributed by atoms with Gasteiger partial charge in [-0.15, -0.1) is 0 Å². The number of carbonyl (C=O) groups is 1. The standard InChI is InChI=1S/C12H14Cl2N2O3S/c1-20(18,19)16-5-4-9(7-16)15-12(17)10-3-2-8(13)6-11(10)14/h2-3,6,9H,4-5,7H2,1H3,(H,15,17). The van der Waals surface area contributed by atoms with Crippen LogP contribution in [0.25, 0.3) is 0 Å². The molecule has 0 spiro atoms. The van der Waals surface area contributed by atoms with Crippen LogP contribution < -0.4 is 5.32 Å². The Bertz CT molecular complexity index is 634. The normalized spacial score (nSPS) is 20.1. The third-order valence-corrected chi connectivity index (χ3v) is 4.95. The van der Waals surface area contributed by atoms with E-state index in [1.54, 1.807) is 12.1 Å². The molecule has 1 aliphatic rings. The van der Waals surface area contributed by atoms with Gasteiger partial charge in [-0.3, -0.25) is 4.79 Å². The third kappa shape index (κ3) is 3.63. The molecular formula is C12H14Cl2N2O3S. The van der Waals surface area contributed by atoms with Gasteiger partial charge < -0.3 is 5.32 Å². The minimum Gasteiger partial charge on any atom is -0.348 e. The predicted molar refractivity (Wildman–Crippen MR) is 78.8 cm³/mol. The maximum atomic E-state index is 12.1. The number of benzene rings is 1. The summed E-state index contributed by atoms with van der Waals surface area (Å²) < 4.78 is 24.2. The van der Waals surface area contributed by atoms with Crippen LogP contribution in [0.15, 0.2) is 18.2 Å². The zero-order valence-corrected chi connectivity index (χ0v) is 13.1. The Hall–Kier alpha value is -0.820. The Morgan fingerprint density at radius 3 is 2.65 bits per heavy atom. The van der Waals surface area contributed by atoms with Gasteiger partial charge in [0.05, 0.1) is 16.8 Å². The van der Waals surface area contributed by atoms with Crippen LogP contribution in [0.5, 0.6) is 0 Å². The molecule has 2 rings (SSSR count). The van der Waals surface area contributed by atoms with Gasteiger partial charge in [0.1, 0.15) is 0 Å². The average molecular weight is 337 g/mol. The molecule has 1 fully saturated rings. The van der Waals surface area contributed by atoms with Crippen molar-refractivity contribution >= 4 is 39.1 Å². The molecule has 1 unspecified atom stereocenters. The first-order valence-corrected chi connectivity index (χ1v) is 8.59. The highest BCUT2D eigenvalue weighted by molar-refractivity contribution is 7.88. The average Bonchev–Trinajstić information content (AvgIpc) is 2.76. The van der Waals surface area contributed by atoms with Gasteiger partial charge in [0.15, 0.2) is 0 Å². The number of sulfonamides is 1. The van der Waals surface area contributed by atoms with Crippen molar-refractivity contribution in [2.75, 3.05) is 19.3 Å². The minimum absolute atomic E-state index is 0.205. The molecule has 1 heterocycles. The Kier molecular flexibility index (Phi) is 4.59. The SMILES string of the molecule is CS(=O)(=O)N1CCC(NC(=O)c2ccc(Cl)cc2Cl)C1. The summed E-state index contributed by atoms with van der Waals surface area (Å²) in [7, 11) is -3.21. The molecule has 20 heavy (non-hydrogen) atoms. The second kappa shape index (κ2) is 5.89. The quantitative estimate of drug-likeness (QED) is 0.914. The number of amides is 1. The zero-order valence-electron chi connectivity index (χ0n) is 10.8. The van der Waals surface area contributed by atoms with Crippen LogP contribution in [-0.2, 0) is 10.0 Å². The largest absolute Gasteiger partial charge is 0.348 e. The molecule has 1 aromatic carbocycles. The first-order chi connectivity index (χ1) is 9.27. The lowest BCUT2D eigenvalue weighted by atomic mass is 10.2. The molecule has 0 aromatic heterocycles. The van der Waals surface area contributed by atoms with E-state index in [1.807, 2.05) is 0 Å². The van der Waals surface area contributed by atoms with Crippen molar-refractivity contribution in [3.05, 3.63) is 33.8 Å². The van der Waals surface area contributed by atoms with Crippen molar-refractivity contribution < 1.29 is 13.2 Å². The number of nitrogens with one attached hydrogen (secondary N) is 1. The van der Waals surface area contributed by atoms with Crippen molar-refractivity contribution in [3.8, 4) is 0 Å². The van der Waals surface area contributed by atoms with Gasteiger partial charge in [0, 0.05) is 24.2 Å².